The number of rotatable bonds is 4. The Morgan fingerprint density at radius 2 is 2.00 bits per heavy atom. The minimum atomic E-state index is -0.378. The zero-order valence-electron chi connectivity index (χ0n) is 13.9. The standard InChI is InChI=1S/C19H15FN4OS/c1-11-23-17(12-2-5-16-18(7-12)26-10-22-16)8-19(24-11)21-9-13-6-14(25)3-4-15(13)20/h2-8,10,25H,9H2,1H3,(H,21,23,24). The Kier molecular flexibility index (Phi) is 4.22. The number of aryl methyl sites for hydroxylation is 1. The molecule has 4 aromatic rings. The first-order valence-electron chi connectivity index (χ1n) is 7.99. The predicted octanol–water partition coefficient (Wildman–Crippen LogP) is 4.52. The molecule has 4 rings (SSSR count). The molecule has 2 N–H and O–H groups in total. The van der Waals surface area contributed by atoms with Crippen LogP contribution in [0.5, 0.6) is 5.75 Å². The van der Waals surface area contributed by atoms with E-state index in [0.29, 0.717) is 17.2 Å². The highest BCUT2D eigenvalue weighted by Crippen LogP contribution is 2.26. The molecular formula is C19H15FN4OS. The summed E-state index contributed by atoms with van der Waals surface area (Å²) in [6.07, 6.45) is 0. The van der Waals surface area contributed by atoms with Crippen LogP contribution in [0.15, 0.2) is 48.0 Å². The zero-order valence-corrected chi connectivity index (χ0v) is 14.7. The van der Waals surface area contributed by atoms with Crippen molar-refractivity contribution in [1.82, 2.24) is 15.0 Å². The molecule has 0 atom stereocenters. The Morgan fingerprint density at radius 3 is 2.88 bits per heavy atom. The van der Waals surface area contributed by atoms with E-state index >= 15 is 0 Å². The van der Waals surface area contributed by atoms with Crippen molar-refractivity contribution in [2.24, 2.45) is 0 Å². The second-order valence-corrected chi connectivity index (χ2v) is 6.74. The lowest BCUT2D eigenvalue weighted by atomic mass is 10.1. The van der Waals surface area contributed by atoms with Gasteiger partial charge >= 0.3 is 0 Å². The average molecular weight is 366 g/mol. The number of hydrogen-bond donors (Lipinski definition) is 2. The number of aromatic hydroxyl groups is 1. The molecule has 0 aliphatic heterocycles. The SMILES string of the molecule is Cc1nc(NCc2cc(O)ccc2F)cc(-c2ccc3ncsc3c2)n1. The van der Waals surface area contributed by atoms with Gasteiger partial charge in [-0.05, 0) is 37.3 Å². The van der Waals surface area contributed by atoms with Gasteiger partial charge in [-0.15, -0.1) is 11.3 Å². The highest BCUT2D eigenvalue weighted by Gasteiger charge is 2.08. The van der Waals surface area contributed by atoms with Crippen LogP contribution in [0.4, 0.5) is 10.2 Å². The van der Waals surface area contributed by atoms with E-state index in [1.807, 2.05) is 36.7 Å². The van der Waals surface area contributed by atoms with Crippen molar-refractivity contribution in [3.63, 3.8) is 0 Å². The second-order valence-electron chi connectivity index (χ2n) is 5.85. The molecule has 5 nitrogen and oxygen atoms in total. The largest absolute Gasteiger partial charge is 0.508 e. The molecule has 0 aliphatic carbocycles. The number of nitrogens with one attached hydrogen (secondary N) is 1. The summed E-state index contributed by atoms with van der Waals surface area (Å²) in [5, 5.41) is 12.6. The molecule has 2 aromatic carbocycles. The van der Waals surface area contributed by atoms with E-state index in [1.54, 1.807) is 11.3 Å². The van der Waals surface area contributed by atoms with E-state index in [0.717, 1.165) is 21.5 Å². The fraction of sp³-hybridized carbons (Fsp3) is 0.105. The van der Waals surface area contributed by atoms with Gasteiger partial charge in [-0.2, -0.15) is 0 Å². The van der Waals surface area contributed by atoms with Crippen molar-refractivity contribution in [3.05, 3.63) is 65.2 Å². The van der Waals surface area contributed by atoms with Gasteiger partial charge in [0.1, 0.15) is 23.2 Å². The Bertz CT molecular complexity index is 1100. The molecule has 2 heterocycles. The fourth-order valence-corrected chi connectivity index (χ4v) is 3.42. The van der Waals surface area contributed by atoms with Gasteiger partial charge < -0.3 is 10.4 Å². The van der Waals surface area contributed by atoms with E-state index in [9.17, 15) is 9.50 Å². The minimum absolute atomic E-state index is 0.0283. The van der Waals surface area contributed by atoms with Crippen LogP contribution in [0.25, 0.3) is 21.5 Å². The maximum Gasteiger partial charge on any atom is 0.130 e. The molecule has 0 amide bonds. The third kappa shape index (κ3) is 3.34. The monoisotopic (exact) mass is 366 g/mol. The molecule has 0 saturated heterocycles. The van der Waals surface area contributed by atoms with Gasteiger partial charge in [0.2, 0.25) is 0 Å². The molecule has 2 aromatic heterocycles. The zero-order chi connectivity index (χ0) is 18.1. The van der Waals surface area contributed by atoms with Crippen LogP contribution in [0.2, 0.25) is 0 Å². The molecule has 0 radical (unpaired) electrons. The maximum absolute atomic E-state index is 13.8. The van der Waals surface area contributed by atoms with Gasteiger partial charge in [-0.25, -0.2) is 19.3 Å². The normalized spacial score (nSPS) is 11.0. The lowest BCUT2D eigenvalue weighted by Crippen LogP contribution is -2.05. The van der Waals surface area contributed by atoms with Crippen molar-refractivity contribution in [1.29, 1.82) is 0 Å². The van der Waals surface area contributed by atoms with E-state index in [4.69, 9.17) is 0 Å². The third-order valence-corrected chi connectivity index (χ3v) is 4.75. The number of thiazole rings is 1. The summed E-state index contributed by atoms with van der Waals surface area (Å²) in [4.78, 5) is 13.1. The number of aromatic nitrogens is 3. The first kappa shape index (κ1) is 16.4. The fourth-order valence-electron chi connectivity index (χ4n) is 2.70. The van der Waals surface area contributed by atoms with Crippen molar-refractivity contribution in [2.75, 3.05) is 5.32 Å². The van der Waals surface area contributed by atoms with Gasteiger partial charge in [0.05, 0.1) is 21.4 Å². The smallest absolute Gasteiger partial charge is 0.130 e. The van der Waals surface area contributed by atoms with Gasteiger partial charge in [0.25, 0.3) is 0 Å². The number of fused-ring (bicyclic) bond motifs is 1. The quantitative estimate of drug-likeness (QED) is 0.556. The molecule has 0 saturated carbocycles. The van der Waals surface area contributed by atoms with Crippen LogP contribution >= 0.6 is 11.3 Å². The molecule has 0 fully saturated rings. The summed E-state index contributed by atoms with van der Waals surface area (Å²) in [6.45, 7) is 2.03. The highest BCUT2D eigenvalue weighted by molar-refractivity contribution is 7.16. The third-order valence-electron chi connectivity index (χ3n) is 3.95. The molecule has 0 spiro atoms. The molecule has 130 valence electrons. The van der Waals surface area contributed by atoms with Crippen molar-refractivity contribution in [3.8, 4) is 17.0 Å². The number of benzene rings is 2. The topological polar surface area (TPSA) is 70.9 Å². The number of anilines is 1. The van der Waals surface area contributed by atoms with Crippen molar-refractivity contribution >= 4 is 27.4 Å². The van der Waals surface area contributed by atoms with Crippen LogP contribution in [0, 0.1) is 12.7 Å². The van der Waals surface area contributed by atoms with Gasteiger partial charge in [0.15, 0.2) is 0 Å². The number of halogens is 1. The summed E-state index contributed by atoms with van der Waals surface area (Å²) in [7, 11) is 0. The Labute approximate surface area is 153 Å². The van der Waals surface area contributed by atoms with Crippen LogP contribution in [0.3, 0.4) is 0 Å². The van der Waals surface area contributed by atoms with E-state index in [-0.39, 0.29) is 18.1 Å². The summed E-state index contributed by atoms with van der Waals surface area (Å²) in [5.41, 5.74) is 4.90. The number of phenolic OH excluding ortho intramolecular Hbond substituents is 1. The second kappa shape index (κ2) is 6.68. The van der Waals surface area contributed by atoms with Crippen LogP contribution in [-0.2, 0) is 6.54 Å². The van der Waals surface area contributed by atoms with Crippen LogP contribution in [0.1, 0.15) is 11.4 Å². The maximum atomic E-state index is 13.8. The molecule has 26 heavy (non-hydrogen) atoms. The summed E-state index contributed by atoms with van der Waals surface area (Å²) >= 11 is 1.58. The molecule has 0 aliphatic rings. The first-order chi connectivity index (χ1) is 12.6. The van der Waals surface area contributed by atoms with E-state index in [2.05, 4.69) is 20.3 Å². The molecular weight excluding hydrogens is 351 g/mol. The summed E-state index contributed by atoms with van der Waals surface area (Å²) < 4.78 is 14.9. The van der Waals surface area contributed by atoms with E-state index in [1.165, 1.54) is 18.2 Å². The molecule has 7 heteroatoms. The molecule has 0 bridgehead atoms. The van der Waals surface area contributed by atoms with Crippen molar-refractivity contribution < 1.29 is 9.50 Å². The van der Waals surface area contributed by atoms with Crippen LogP contribution in [-0.4, -0.2) is 20.1 Å². The van der Waals surface area contributed by atoms with Crippen molar-refractivity contribution in [2.45, 2.75) is 13.5 Å². The Hall–Kier alpha value is -3.06. The Balaban J connectivity index is 1.62. The number of nitrogens with zero attached hydrogens (tertiary/aromatic N) is 3. The highest BCUT2D eigenvalue weighted by atomic mass is 32.1. The van der Waals surface area contributed by atoms with E-state index < -0.39 is 0 Å². The van der Waals surface area contributed by atoms with Crippen LogP contribution < -0.4 is 5.32 Å². The number of hydrogen-bond acceptors (Lipinski definition) is 6. The summed E-state index contributed by atoms with van der Waals surface area (Å²) in [6, 6.07) is 11.8. The molecule has 0 unspecified atom stereocenters. The van der Waals surface area contributed by atoms with Gasteiger partial charge in [0, 0.05) is 23.7 Å². The average Bonchev–Trinajstić information content (AvgIpc) is 3.10. The number of phenols is 1. The van der Waals surface area contributed by atoms with Gasteiger partial charge in [-0.1, -0.05) is 6.07 Å². The van der Waals surface area contributed by atoms with Gasteiger partial charge in [-0.3, -0.25) is 0 Å². The summed E-state index contributed by atoms with van der Waals surface area (Å²) in [5.74, 6) is 0.864. The predicted molar refractivity (Wildman–Crippen MR) is 101 cm³/mol. The lowest BCUT2D eigenvalue weighted by molar-refractivity contribution is 0.471. The lowest BCUT2D eigenvalue weighted by Gasteiger charge is -2.10. The Morgan fingerprint density at radius 1 is 1.12 bits per heavy atom. The first-order valence-corrected chi connectivity index (χ1v) is 8.87. The minimum Gasteiger partial charge on any atom is -0.508 e.